The van der Waals surface area contributed by atoms with Crippen LogP contribution in [0, 0.1) is 0 Å². The maximum absolute atomic E-state index is 9.61. The quantitative estimate of drug-likeness (QED) is 0.912. The Hall–Kier alpha value is -1.62. The molecule has 1 aliphatic rings. The van der Waals surface area contributed by atoms with Gasteiger partial charge in [-0.15, -0.1) is 0 Å². The fraction of sp³-hybridized carbons (Fsp3) is 0.412. The van der Waals surface area contributed by atoms with Gasteiger partial charge in [-0.3, -0.25) is 4.90 Å². The summed E-state index contributed by atoms with van der Waals surface area (Å²) in [7, 11) is 0. The van der Waals surface area contributed by atoms with E-state index < -0.39 is 0 Å². The molecule has 0 amide bonds. The van der Waals surface area contributed by atoms with Crippen molar-refractivity contribution in [1.82, 2.24) is 4.90 Å². The number of aliphatic hydroxyl groups is 1. The second-order valence-electron chi connectivity index (χ2n) is 5.27. The van der Waals surface area contributed by atoms with E-state index >= 15 is 0 Å². The normalized spacial score (nSPS) is 17.8. The van der Waals surface area contributed by atoms with Crippen LogP contribution in [-0.4, -0.2) is 55.6 Å². The summed E-state index contributed by atoms with van der Waals surface area (Å²) >= 11 is 0. The first-order chi connectivity index (χ1) is 10.4. The van der Waals surface area contributed by atoms with Crippen LogP contribution in [0.15, 0.2) is 42.5 Å². The number of aliphatic hydroxyl groups excluding tert-OH is 1. The second kappa shape index (κ2) is 6.89. The molecule has 21 heavy (non-hydrogen) atoms. The molecule has 1 atom stereocenters. The Morgan fingerprint density at radius 1 is 1.10 bits per heavy atom. The van der Waals surface area contributed by atoms with E-state index in [0.29, 0.717) is 6.61 Å². The van der Waals surface area contributed by atoms with Crippen molar-refractivity contribution in [1.29, 1.82) is 0 Å². The zero-order valence-electron chi connectivity index (χ0n) is 12.1. The summed E-state index contributed by atoms with van der Waals surface area (Å²) in [5, 5.41) is 11.9. The third-order valence-electron chi connectivity index (χ3n) is 3.95. The molecule has 1 heterocycles. The Morgan fingerprint density at radius 2 is 1.86 bits per heavy atom. The lowest BCUT2D eigenvalue weighted by atomic mass is 10.1. The number of ether oxygens (including phenoxy) is 2. The molecule has 1 saturated heterocycles. The van der Waals surface area contributed by atoms with Crippen molar-refractivity contribution >= 4 is 10.8 Å². The van der Waals surface area contributed by atoms with Gasteiger partial charge in [0.05, 0.1) is 25.9 Å². The summed E-state index contributed by atoms with van der Waals surface area (Å²) in [4.78, 5) is 2.23. The van der Waals surface area contributed by atoms with E-state index in [9.17, 15) is 5.11 Å². The van der Waals surface area contributed by atoms with Crippen LogP contribution in [0.3, 0.4) is 0 Å². The number of rotatable bonds is 5. The van der Waals surface area contributed by atoms with E-state index in [2.05, 4.69) is 23.1 Å². The molecule has 0 saturated carbocycles. The highest BCUT2D eigenvalue weighted by Crippen LogP contribution is 2.25. The van der Waals surface area contributed by atoms with Gasteiger partial charge in [-0.1, -0.05) is 36.4 Å². The Kier molecular flexibility index (Phi) is 4.70. The van der Waals surface area contributed by atoms with Crippen molar-refractivity contribution in [3.05, 3.63) is 42.5 Å². The first-order valence-electron chi connectivity index (χ1n) is 7.41. The van der Waals surface area contributed by atoms with Gasteiger partial charge in [0, 0.05) is 18.5 Å². The minimum atomic E-state index is 0.0212. The zero-order chi connectivity index (χ0) is 14.5. The number of fused-ring (bicyclic) bond motifs is 1. The number of benzene rings is 2. The highest BCUT2D eigenvalue weighted by atomic mass is 16.5. The van der Waals surface area contributed by atoms with Gasteiger partial charge in [0.15, 0.2) is 0 Å². The summed E-state index contributed by atoms with van der Waals surface area (Å²) in [6, 6.07) is 14.3. The van der Waals surface area contributed by atoms with Gasteiger partial charge in [-0.2, -0.15) is 0 Å². The number of morpholine rings is 1. The van der Waals surface area contributed by atoms with Crippen molar-refractivity contribution in [2.24, 2.45) is 0 Å². The lowest BCUT2D eigenvalue weighted by Gasteiger charge is -2.33. The summed E-state index contributed by atoms with van der Waals surface area (Å²) in [6.45, 7) is 3.75. The number of hydrogen-bond donors (Lipinski definition) is 1. The molecule has 0 aliphatic carbocycles. The molecule has 1 fully saturated rings. The molecule has 4 heteroatoms. The van der Waals surface area contributed by atoms with E-state index in [1.807, 2.05) is 24.3 Å². The molecule has 4 nitrogen and oxygen atoms in total. The van der Waals surface area contributed by atoms with Crippen LogP contribution in [-0.2, 0) is 4.74 Å². The molecular formula is C17H21NO3. The highest BCUT2D eigenvalue weighted by Gasteiger charge is 2.21. The predicted octanol–water partition coefficient (Wildman–Crippen LogP) is 1.91. The molecule has 112 valence electrons. The van der Waals surface area contributed by atoms with Crippen LogP contribution in [0.4, 0.5) is 0 Å². The van der Waals surface area contributed by atoms with Gasteiger partial charge in [-0.25, -0.2) is 0 Å². The average molecular weight is 287 g/mol. The van der Waals surface area contributed by atoms with Crippen molar-refractivity contribution in [2.45, 2.75) is 6.04 Å². The van der Waals surface area contributed by atoms with E-state index in [1.165, 1.54) is 5.39 Å². The van der Waals surface area contributed by atoms with E-state index in [4.69, 9.17) is 9.47 Å². The minimum absolute atomic E-state index is 0.0212. The van der Waals surface area contributed by atoms with Crippen LogP contribution >= 0.6 is 0 Å². The van der Waals surface area contributed by atoms with Gasteiger partial charge in [-0.05, 0) is 11.5 Å². The SMILES string of the molecule is OCC(COc1cccc2ccccc12)N1CCOCC1. The predicted molar refractivity (Wildman–Crippen MR) is 82.7 cm³/mol. The standard InChI is InChI=1S/C17H21NO3/c19-12-15(18-8-10-20-11-9-18)13-21-17-7-3-5-14-4-1-2-6-16(14)17/h1-7,15,19H,8-13H2. The monoisotopic (exact) mass is 287 g/mol. The second-order valence-corrected chi connectivity index (χ2v) is 5.27. The third kappa shape index (κ3) is 3.35. The van der Waals surface area contributed by atoms with Gasteiger partial charge in [0.25, 0.3) is 0 Å². The van der Waals surface area contributed by atoms with Crippen molar-refractivity contribution in [3.63, 3.8) is 0 Å². The number of nitrogens with zero attached hydrogens (tertiary/aromatic N) is 1. The molecular weight excluding hydrogens is 266 g/mol. The van der Waals surface area contributed by atoms with Crippen molar-refractivity contribution < 1.29 is 14.6 Å². The Labute approximate surface area is 124 Å². The average Bonchev–Trinajstić information content (AvgIpc) is 2.56. The van der Waals surface area contributed by atoms with Crippen LogP contribution in [0.1, 0.15) is 0 Å². The Balaban J connectivity index is 1.70. The lowest BCUT2D eigenvalue weighted by Crippen LogP contribution is -2.48. The zero-order valence-corrected chi connectivity index (χ0v) is 12.1. The third-order valence-corrected chi connectivity index (χ3v) is 3.95. The summed E-state index contributed by atoms with van der Waals surface area (Å²) in [6.07, 6.45) is 0. The first-order valence-corrected chi connectivity index (χ1v) is 7.41. The molecule has 2 aromatic rings. The van der Waals surface area contributed by atoms with E-state index in [0.717, 1.165) is 37.4 Å². The van der Waals surface area contributed by atoms with Gasteiger partial charge < -0.3 is 14.6 Å². The Bertz CT molecular complexity index is 576. The van der Waals surface area contributed by atoms with Crippen LogP contribution in [0.25, 0.3) is 10.8 Å². The smallest absolute Gasteiger partial charge is 0.127 e. The summed E-state index contributed by atoms with van der Waals surface area (Å²) in [5.74, 6) is 0.875. The first kappa shape index (κ1) is 14.3. The summed E-state index contributed by atoms with van der Waals surface area (Å²) in [5.41, 5.74) is 0. The van der Waals surface area contributed by atoms with Crippen LogP contribution < -0.4 is 4.74 Å². The summed E-state index contributed by atoms with van der Waals surface area (Å²) < 4.78 is 11.3. The fourth-order valence-corrected chi connectivity index (χ4v) is 2.72. The molecule has 1 aliphatic heterocycles. The molecule has 1 unspecified atom stereocenters. The molecule has 3 rings (SSSR count). The van der Waals surface area contributed by atoms with Gasteiger partial charge in [0.1, 0.15) is 12.4 Å². The van der Waals surface area contributed by atoms with Crippen LogP contribution in [0.2, 0.25) is 0 Å². The van der Waals surface area contributed by atoms with Crippen molar-refractivity contribution in [3.8, 4) is 5.75 Å². The lowest BCUT2D eigenvalue weighted by molar-refractivity contribution is -0.00854. The van der Waals surface area contributed by atoms with Crippen molar-refractivity contribution in [2.75, 3.05) is 39.5 Å². The minimum Gasteiger partial charge on any atom is -0.491 e. The number of hydrogen-bond acceptors (Lipinski definition) is 4. The molecule has 0 radical (unpaired) electrons. The topological polar surface area (TPSA) is 41.9 Å². The maximum atomic E-state index is 9.61. The van der Waals surface area contributed by atoms with Gasteiger partial charge in [0.2, 0.25) is 0 Å². The molecule has 1 N–H and O–H groups in total. The van der Waals surface area contributed by atoms with Crippen LogP contribution in [0.5, 0.6) is 5.75 Å². The fourth-order valence-electron chi connectivity index (χ4n) is 2.72. The largest absolute Gasteiger partial charge is 0.491 e. The molecule has 0 aromatic heterocycles. The maximum Gasteiger partial charge on any atom is 0.127 e. The molecule has 0 bridgehead atoms. The van der Waals surface area contributed by atoms with Gasteiger partial charge >= 0.3 is 0 Å². The highest BCUT2D eigenvalue weighted by molar-refractivity contribution is 5.88. The van der Waals surface area contributed by atoms with E-state index in [-0.39, 0.29) is 12.6 Å². The molecule has 0 spiro atoms. The molecule has 2 aromatic carbocycles. The Morgan fingerprint density at radius 3 is 2.67 bits per heavy atom. The van der Waals surface area contributed by atoms with E-state index in [1.54, 1.807) is 0 Å².